The summed E-state index contributed by atoms with van der Waals surface area (Å²) >= 11 is 0. The van der Waals surface area contributed by atoms with Crippen LogP contribution < -0.4 is 5.48 Å². The Kier molecular flexibility index (Phi) is 4.71. The number of rotatable bonds is 5. The summed E-state index contributed by atoms with van der Waals surface area (Å²) in [6, 6.07) is 3.77. The van der Waals surface area contributed by atoms with E-state index in [0.717, 1.165) is 6.07 Å². The van der Waals surface area contributed by atoms with Crippen LogP contribution in [0.4, 0.5) is 4.39 Å². The zero-order valence-electron chi connectivity index (χ0n) is 9.83. The van der Waals surface area contributed by atoms with E-state index in [9.17, 15) is 9.50 Å². The average molecular weight is 227 g/mol. The first-order chi connectivity index (χ1) is 7.50. The lowest BCUT2D eigenvalue weighted by molar-refractivity contribution is 0.00367. The second kappa shape index (κ2) is 5.82. The molecule has 1 unspecified atom stereocenters. The minimum absolute atomic E-state index is 0.0619. The van der Waals surface area contributed by atoms with E-state index in [2.05, 4.69) is 5.48 Å². The fourth-order valence-corrected chi connectivity index (χ4v) is 1.29. The summed E-state index contributed by atoms with van der Waals surface area (Å²) < 4.78 is 12.8. The molecule has 0 fully saturated rings. The third-order valence-electron chi connectivity index (χ3n) is 2.14. The van der Waals surface area contributed by atoms with Gasteiger partial charge in [-0.05, 0) is 18.9 Å². The van der Waals surface area contributed by atoms with Gasteiger partial charge in [0.2, 0.25) is 0 Å². The quantitative estimate of drug-likeness (QED) is 0.760. The van der Waals surface area contributed by atoms with Gasteiger partial charge in [-0.25, -0.2) is 4.39 Å². The van der Waals surface area contributed by atoms with E-state index in [0.29, 0.717) is 18.1 Å². The van der Waals surface area contributed by atoms with Crippen LogP contribution in [0.2, 0.25) is 0 Å². The predicted molar refractivity (Wildman–Crippen MR) is 60.4 cm³/mol. The molecule has 2 N–H and O–H groups in total. The Morgan fingerprint density at radius 3 is 2.62 bits per heavy atom. The normalized spacial score (nSPS) is 13.1. The van der Waals surface area contributed by atoms with E-state index in [1.807, 2.05) is 20.8 Å². The van der Waals surface area contributed by atoms with E-state index in [1.54, 1.807) is 6.07 Å². The molecule has 1 aromatic rings. The first-order valence-corrected chi connectivity index (χ1v) is 5.36. The molecule has 90 valence electrons. The molecule has 0 aromatic heterocycles. The van der Waals surface area contributed by atoms with E-state index >= 15 is 0 Å². The van der Waals surface area contributed by atoms with Crippen LogP contribution in [-0.2, 0) is 4.84 Å². The largest absolute Gasteiger partial charge is 0.508 e. The van der Waals surface area contributed by atoms with Crippen LogP contribution in [0.5, 0.6) is 5.75 Å². The Morgan fingerprint density at radius 2 is 2.06 bits per heavy atom. The highest BCUT2D eigenvalue weighted by Crippen LogP contribution is 2.24. The Balaban J connectivity index is 2.55. The fourth-order valence-electron chi connectivity index (χ4n) is 1.29. The monoisotopic (exact) mass is 227 g/mol. The number of hydrogen-bond acceptors (Lipinski definition) is 3. The fraction of sp³-hybridized carbons (Fsp3) is 0.500. The predicted octanol–water partition coefficient (Wildman–Crippen LogP) is 2.77. The van der Waals surface area contributed by atoms with Crippen molar-refractivity contribution in [2.24, 2.45) is 5.92 Å². The molecule has 0 spiro atoms. The Labute approximate surface area is 95.2 Å². The van der Waals surface area contributed by atoms with Crippen LogP contribution in [0, 0.1) is 11.7 Å². The highest BCUT2D eigenvalue weighted by atomic mass is 19.1. The van der Waals surface area contributed by atoms with Crippen molar-refractivity contribution in [3.8, 4) is 5.75 Å². The molecule has 0 heterocycles. The Morgan fingerprint density at radius 1 is 1.38 bits per heavy atom. The van der Waals surface area contributed by atoms with E-state index < -0.39 is 5.82 Å². The number of halogens is 1. The summed E-state index contributed by atoms with van der Waals surface area (Å²) in [7, 11) is 0. The minimum Gasteiger partial charge on any atom is -0.508 e. The zero-order chi connectivity index (χ0) is 12.1. The SMILES string of the molecule is CC(C)CONC(C)c1ccc(F)cc1O. The van der Waals surface area contributed by atoms with Gasteiger partial charge < -0.3 is 9.94 Å². The third kappa shape index (κ3) is 3.79. The summed E-state index contributed by atoms with van der Waals surface area (Å²) in [6.07, 6.45) is 0. The van der Waals surface area contributed by atoms with Crippen LogP contribution in [0.3, 0.4) is 0 Å². The Hall–Kier alpha value is -1.13. The van der Waals surface area contributed by atoms with Crippen LogP contribution in [0.15, 0.2) is 18.2 Å². The van der Waals surface area contributed by atoms with Crippen molar-refractivity contribution in [2.45, 2.75) is 26.8 Å². The molecule has 0 radical (unpaired) electrons. The standard InChI is InChI=1S/C12H18FNO2/c1-8(2)7-16-14-9(3)11-5-4-10(13)6-12(11)15/h4-6,8-9,14-15H,7H2,1-3H3. The van der Waals surface area contributed by atoms with Crippen molar-refractivity contribution in [1.82, 2.24) is 5.48 Å². The maximum atomic E-state index is 12.8. The number of hydroxylamine groups is 1. The van der Waals surface area contributed by atoms with E-state index in [1.165, 1.54) is 6.07 Å². The van der Waals surface area contributed by atoms with Gasteiger partial charge in [-0.2, -0.15) is 5.48 Å². The van der Waals surface area contributed by atoms with Gasteiger partial charge in [0.1, 0.15) is 11.6 Å². The number of hydrogen-bond donors (Lipinski definition) is 2. The van der Waals surface area contributed by atoms with Gasteiger partial charge in [-0.3, -0.25) is 0 Å². The van der Waals surface area contributed by atoms with Gasteiger partial charge in [0.05, 0.1) is 12.6 Å². The van der Waals surface area contributed by atoms with Gasteiger partial charge in [0.25, 0.3) is 0 Å². The highest BCUT2D eigenvalue weighted by molar-refractivity contribution is 5.34. The zero-order valence-corrected chi connectivity index (χ0v) is 9.83. The Bertz CT molecular complexity index is 342. The molecule has 0 amide bonds. The van der Waals surface area contributed by atoms with Crippen molar-refractivity contribution in [2.75, 3.05) is 6.61 Å². The van der Waals surface area contributed by atoms with E-state index in [4.69, 9.17) is 4.84 Å². The van der Waals surface area contributed by atoms with Gasteiger partial charge in [-0.1, -0.05) is 19.9 Å². The van der Waals surface area contributed by atoms with Gasteiger partial charge in [0, 0.05) is 11.6 Å². The lowest BCUT2D eigenvalue weighted by atomic mass is 10.1. The summed E-state index contributed by atoms with van der Waals surface area (Å²) in [5.74, 6) is -0.0776. The molecule has 1 aromatic carbocycles. The number of nitrogens with one attached hydrogen (secondary N) is 1. The number of phenolic OH excluding ortho intramolecular Hbond substituents is 1. The lowest BCUT2D eigenvalue weighted by Gasteiger charge is -2.16. The molecule has 1 rings (SSSR count). The first kappa shape index (κ1) is 12.9. The molecule has 0 aliphatic heterocycles. The summed E-state index contributed by atoms with van der Waals surface area (Å²) in [5.41, 5.74) is 3.42. The molecule has 1 atom stereocenters. The number of phenols is 1. The minimum atomic E-state index is -0.448. The third-order valence-corrected chi connectivity index (χ3v) is 2.14. The number of benzene rings is 1. The first-order valence-electron chi connectivity index (χ1n) is 5.36. The molecule has 0 bridgehead atoms. The molecule has 0 saturated carbocycles. The van der Waals surface area contributed by atoms with Crippen molar-refractivity contribution in [3.05, 3.63) is 29.6 Å². The maximum absolute atomic E-state index is 12.8. The molecular weight excluding hydrogens is 209 g/mol. The molecule has 4 heteroatoms. The molecule has 0 aliphatic carbocycles. The molecule has 0 aliphatic rings. The van der Waals surface area contributed by atoms with Crippen LogP contribution in [-0.4, -0.2) is 11.7 Å². The smallest absolute Gasteiger partial charge is 0.126 e. The van der Waals surface area contributed by atoms with Crippen LogP contribution in [0.1, 0.15) is 32.4 Å². The molecular formula is C12H18FNO2. The lowest BCUT2D eigenvalue weighted by Crippen LogP contribution is -2.21. The molecule has 16 heavy (non-hydrogen) atoms. The van der Waals surface area contributed by atoms with Gasteiger partial charge in [-0.15, -0.1) is 0 Å². The maximum Gasteiger partial charge on any atom is 0.126 e. The van der Waals surface area contributed by atoms with Crippen molar-refractivity contribution in [1.29, 1.82) is 0 Å². The van der Waals surface area contributed by atoms with Gasteiger partial charge >= 0.3 is 0 Å². The van der Waals surface area contributed by atoms with Crippen LogP contribution >= 0.6 is 0 Å². The van der Waals surface area contributed by atoms with Gasteiger partial charge in [0.15, 0.2) is 0 Å². The number of aromatic hydroxyl groups is 1. The topological polar surface area (TPSA) is 41.5 Å². The van der Waals surface area contributed by atoms with E-state index in [-0.39, 0.29) is 11.8 Å². The average Bonchev–Trinajstić information content (AvgIpc) is 2.16. The second-order valence-electron chi connectivity index (χ2n) is 4.25. The van der Waals surface area contributed by atoms with Crippen LogP contribution in [0.25, 0.3) is 0 Å². The summed E-state index contributed by atoms with van der Waals surface area (Å²) in [6.45, 7) is 6.52. The highest BCUT2D eigenvalue weighted by Gasteiger charge is 2.11. The summed E-state index contributed by atoms with van der Waals surface area (Å²) in [4.78, 5) is 5.24. The van der Waals surface area contributed by atoms with Crippen molar-refractivity contribution in [3.63, 3.8) is 0 Å². The second-order valence-corrected chi connectivity index (χ2v) is 4.25. The van der Waals surface area contributed by atoms with Crippen molar-refractivity contribution >= 4 is 0 Å². The van der Waals surface area contributed by atoms with Crippen molar-refractivity contribution < 1.29 is 14.3 Å². The molecule has 0 saturated heterocycles. The molecule has 3 nitrogen and oxygen atoms in total. The summed E-state index contributed by atoms with van der Waals surface area (Å²) in [5, 5.41) is 9.53.